The Kier molecular flexibility index (Phi) is 2.27. The molecule has 4 atom stereocenters. The summed E-state index contributed by atoms with van der Waals surface area (Å²) >= 11 is 0. The molecule has 0 aromatic rings. The molecule has 3 unspecified atom stereocenters. The van der Waals surface area contributed by atoms with Gasteiger partial charge in [-0.3, -0.25) is 4.79 Å². The van der Waals surface area contributed by atoms with Crippen molar-refractivity contribution in [2.24, 2.45) is 17.6 Å². The summed E-state index contributed by atoms with van der Waals surface area (Å²) in [4.78, 5) is 11.4. The average Bonchev–Trinajstić information content (AvgIpc) is 1.99. The highest BCUT2D eigenvalue weighted by Crippen LogP contribution is 2.34. The summed E-state index contributed by atoms with van der Waals surface area (Å²) in [6, 6.07) is -0.480. The van der Waals surface area contributed by atoms with Gasteiger partial charge in [-0.25, -0.2) is 0 Å². The second kappa shape index (κ2) is 2.82. The number of Topliss-reactive ketones (excluding diaryl/α,β-unsaturated/α-hetero) is 1. The van der Waals surface area contributed by atoms with E-state index in [-0.39, 0.29) is 11.7 Å². The van der Waals surface area contributed by atoms with Gasteiger partial charge in [-0.05, 0) is 25.2 Å². The Bertz CT molecular complexity index is 201. The van der Waals surface area contributed by atoms with Gasteiger partial charge in [0.05, 0.1) is 6.04 Å². The molecule has 1 fully saturated rings. The molecule has 0 amide bonds. The van der Waals surface area contributed by atoms with Crippen LogP contribution in [0.3, 0.4) is 0 Å². The Labute approximate surface area is 72.9 Å². The fourth-order valence-electron chi connectivity index (χ4n) is 1.87. The minimum atomic E-state index is -1.23. The highest BCUT2D eigenvalue weighted by atomic mass is 16.3. The molecule has 0 aromatic heterocycles. The van der Waals surface area contributed by atoms with Crippen LogP contribution in [0.25, 0.3) is 0 Å². The molecule has 0 bridgehead atoms. The number of aliphatic hydroxyl groups is 1. The molecule has 3 nitrogen and oxygen atoms in total. The zero-order chi connectivity index (χ0) is 9.52. The van der Waals surface area contributed by atoms with Gasteiger partial charge in [0.1, 0.15) is 5.60 Å². The van der Waals surface area contributed by atoms with E-state index in [2.05, 4.69) is 0 Å². The fourth-order valence-corrected chi connectivity index (χ4v) is 1.87. The van der Waals surface area contributed by atoms with Gasteiger partial charge >= 0.3 is 0 Å². The smallest absolute Gasteiger partial charge is 0.180 e. The van der Waals surface area contributed by atoms with Gasteiger partial charge in [-0.2, -0.15) is 0 Å². The molecule has 0 saturated heterocycles. The highest BCUT2D eigenvalue weighted by molar-refractivity contribution is 5.92. The lowest BCUT2D eigenvalue weighted by Gasteiger charge is -2.40. The third kappa shape index (κ3) is 1.27. The van der Waals surface area contributed by atoms with Crippen molar-refractivity contribution in [1.29, 1.82) is 0 Å². The van der Waals surface area contributed by atoms with E-state index < -0.39 is 11.6 Å². The fraction of sp³-hybridized carbons (Fsp3) is 0.889. The summed E-state index contributed by atoms with van der Waals surface area (Å²) in [6.07, 6.45) is 0.691. The first kappa shape index (κ1) is 9.68. The van der Waals surface area contributed by atoms with Gasteiger partial charge < -0.3 is 10.8 Å². The lowest BCUT2D eigenvalue weighted by Crippen LogP contribution is -2.57. The van der Waals surface area contributed by atoms with E-state index in [0.29, 0.717) is 12.3 Å². The van der Waals surface area contributed by atoms with Crippen molar-refractivity contribution in [3.05, 3.63) is 0 Å². The standard InChI is InChI=1S/C9H17NO2/c1-5-4-7(10)8(11)9(3,12)6(5)2/h5-7,12H,4,10H2,1-3H3/t5?,6?,7-,9?/m0/s1. The van der Waals surface area contributed by atoms with Crippen molar-refractivity contribution in [3.8, 4) is 0 Å². The van der Waals surface area contributed by atoms with Crippen LogP contribution in [-0.2, 0) is 4.79 Å². The molecule has 0 radical (unpaired) electrons. The molecular weight excluding hydrogens is 154 g/mol. The third-order valence-corrected chi connectivity index (χ3v) is 3.20. The van der Waals surface area contributed by atoms with E-state index in [4.69, 9.17) is 5.73 Å². The van der Waals surface area contributed by atoms with Crippen molar-refractivity contribution in [2.75, 3.05) is 0 Å². The van der Waals surface area contributed by atoms with Crippen LogP contribution in [0.2, 0.25) is 0 Å². The number of hydrogen-bond acceptors (Lipinski definition) is 3. The molecule has 1 aliphatic rings. The van der Waals surface area contributed by atoms with Gasteiger partial charge in [0.2, 0.25) is 0 Å². The van der Waals surface area contributed by atoms with E-state index in [1.54, 1.807) is 6.92 Å². The first-order valence-corrected chi connectivity index (χ1v) is 4.39. The number of carbonyl (C=O) groups is 1. The summed E-state index contributed by atoms with van der Waals surface area (Å²) in [5.41, 5.74) is 4.37. The van der Waals surface area contributed by atoms with E-state index in [9.17, 15) is 9.90 Å². The van der Waals surface area contributed by atoms with Gasteiger partial charge in [-0.15, -0.1) is 0 Å². The molecule has 1 aliphatic carbocycles. The van der Waals surface area contributed by atoms with Crippen LogP contribution in [0.15, 0.2) is 0 Å². The second-order valence-corrected chi connectivity index (χ2v) is 4.12. The van der Waals surface area contributed by atoms with Crippen molar-refractivity contribution < 1.29 is 9.90 Å². The number of carbonyl (C=O) groups excluding carboxylic acids is 1. The van der Waals surface area contributed by atoms with E-state index in [0.717, 1.165) is 0 Å². The summed E-state index contributed by atoms with van der Waals surface area (Å²) in [7, 11) is 0. The lowest BCUT2D eigenvalue weighted by molar-refractivity contribution is -0.149. The van der Waals surface area contributed by atoms with Crippen molar-refractivity contribution in [3.63, 3.8) is 0 Å². The monoisotopic (exact) mass is 171 g/mol. The number of hydrogen-bond donors (Lipinski definition) is 2. The Morgan fingerprint density at radius 2 is 2.08 bits per heavy atom. The summed E-state index contributed by atoms with van der Waals surface area (Å²) < 4.78 is 0. The zero-order valence-electron chi connectivity index (χ0n) is 7.87. The topological polar surface area (TPSA) is 63.3 Å². The van der Waals surface area contributed by atoms with Gasteiger partial charge in [0, 0.05) is 0 Å². The number of rotatable bonds is 0. The van der Waals surface area contributed by atoms with E-state index in [1.807, 2.05) is 13.8 Å². The van der Waals surface area contributed by atoms with Crippen LogP contribution in [0, 0.1) is 11.8 Å². The van der Waals surface area contributed by atoms with Gasteiger partial charge in [-0.1, -0.05) is 13.8 Å². The molecule has 3 heteroatoms. The zero-order valence-corrected chi connectivity index (χ0v) is 7.87. The molecular formula is C9H17NO2. The highest BCUT2D eigenvalue weighted by Gasteiger charge is 2.46. The van der Waals surface area contributed by atoms with E-state index >= 15 is 0 Å². The van der Waals surface area contributed by atoms with E-state index in [1.165, 1.54) is 0 Å². The Morgan fingerprint density at radius 1 is 1.58 bits per heavy atom. The summed E-state index contributed by atoms with van der Waals surface area (Å²) in [6.45, 7) is 5.48. The average molecular weight is 171 g/mol. The van der Waals surface area contributed by atoms with Crippen molar-refractivity contribution >= 4 is 5.78 Å². The van der Waals surface area contributed by atoms with Crippen LogP contribution in [0.4, 0.5) is 0 Å². The molecule has 3 N–H and O–H groups in total. The number of nitrogens with two attached hydrogens (primary N) is 1. The maximum absolute atomic E-state index is 11.4. The van der Waals surface area contributed by atoms with Crippen LogP contribution in [-0.4, -0.2) is 22.5 Å². The number of ketones is 1. The molecule has 12 heavy (non-hydrogen) atoms. The first-order chi connectivity index (χ1) is 5.37. The molecule has 0 aromatic carbocycles. The lowest BCUT2D eigenvalue weighted by atomic mass is 9.69. The predicted molar refractivity (Wildman–Crippen MR) is 46.6 cm³/mol. The molecule has 0 aliphatic heterocycles. The van der Waals surface area contributed by atoms with Crippen LogP contribution < -0.4 is 5.73 Å². The molecule has 0 heterocycles. The molecule has 70 valence electrons. The third-order valence-electron chi connectivity index (χ3n) is 3.20. The second-order valence-electron chi connectivity index (χ2n) is 4.12. The van der Waals surface area contributed by atoms with Crippen LogP contribution in [0.1, 0.15) is 27.2 Å². The Balaban J connectivity index is 2.90. The quantitative estimate of drug-likeness (QED) is 0.551. The van der Waals surface area contributed by atoms with Crippen molar-refractivity contribution in [2.45, 2.75) is 38.8 Å². The van der Waals surface area contributed by atoms with Crippen LogP contribution in [0.5, 0.6) is 0 Å². The maximum Gasteiger partial charge on any atom is 0.180 e. The SMILES string of the molecule is CC1C[C@H](N)C(=O)C(C)(O)C1C. The summed E-state index contributed by atoms with van der Waals surface area (Å²) in [5, 5.41) is 9.82. The maximum atomic E-state index is 11.4. The van der Waals surface area contributed by atoms with Crippen molar-refractivity contribution in [1.82, 2.24) is 0 Å². The minimum Gasteiger partial charge on any atom is -0.382 e. The Hall–Kier alpha value is -0.410. The largest absolute Gasteiger partial charge is 0.382 e. The van der Waals surface area contributed by atoms with Gasteiger partial charge in [0.25, 0.3) is 0 Å². The summed E-state index contributed by atoms with van der Waals surface area (Å²) in [5.74, 6) is 0.102. The van der Waals surface area contributed by atoms with Gasteiger partial charge in [0.15, 0.2) is 5.78 Å². The Morgan fingerprint density at radius 3 is 2.58 bits per heavy atom. The van der Waals surface area contributed by atoms with Crippen LogP contribution >= 0.6 is 0 Å². The molecule has 1 rings (SSSR count). The normalized spacial score (nSPS) is 49.4. The molecule has 0 spiro atoms. The minimum absolute atomic E-state index is 0.00444. The first-order valence-electron chi connectivity index (χ1n) is 4.39. The molecule has 1 saturated carbocycles. The predicted octanol–water partition coefficient (Wildman–Crippen LogP) is 0.310.